The van der Waals surface area contributed by atoms with Crippen LogP contribution in [0.15, 0.2) is 45.1 Å². The van der Waals surface area contributed by atoms with E-state index in [-0.39, 0.29) is 5.69 Å². The summed E-state index contributed by atoms with van der Waals surface area (Å²) in [6.07, 6.45) is 1.29. The molecule has 100 valence electrons. The summed E-state index contributed by atoms with van der Waals surface area (Å²) in [5, 5.41) is 0.385. The molecule has 1 aromatic carbocycles. The monoisotopic (exact) mass is 279 g/mol. The van der Waals surface area contributed by atoms with Crippen molar-refractivity contribution in [2.45, 2.75) is 17.0 Å². The Balaban J connectivity index is 2.09. The van der Waals surface area contributed by atoms with Gasteiger partial charge in [-0.15, -0.1) is 0 Å². The van der Waals surface area contributed by atoms with Crippen molar-refractivity contribution in [2.24, 2.45) is 0 Å². The standard InChI is InChI=1S/C13H13NO4S/c1-3-17-12(15)11-8-18-13(14-11)19-10-6-4-5-9(7-10)16-2/h4-8H,3H2,1-2H3. The number of rotatable bonds is 5. The summed E-state index contributed by atoms with van der Waals surface area (Å²) >= 11 is 1.31. The van der Waals surface area contributed by atoms with Crippen LogP contribution in [0.4, 0.5) is 0 Å². The molecule has 19 heavy (non-hydrogen) atoms. The number of nitrogens with zero attached hydrogens (tertiary/aromatic N) is 1. The smallest absolute Gasteiger partial charge is 0.360 e. The van der Waals surface area contributed by atoms with Gasteiger partial charge in [0.05, 0.1) is 13.7 Å². The van der Waals surface area contributed by atoms with E-state index in [2.05, 4.69) is 4.98 Å². The Morgan fingerprint density at radius 3 is 3.05 bits per heavy atom. The summed E-state index contributed by atoms with van der Waals surface area (Å²) in [7, 11) is 1.60. The average molecular weight is 279 g/mol. The molecule has 2 rings (SSSR count). The van der Waals surface area contributed by atoms with E-state index in [1.165, 1.54) is 18.0 Å². The molecular formula is C13H13NO4S. The largest absolute Gasteiger partial charge is 0.497 e. The van der Waals surface area contributed by atoms with E-state index >= 15 is 0 Å². The minimum absolute atomic E-state index is 0.173. The van der Waals surface area contributed by atoms with Crippen LogP contribution in [0.25, 0.3) is 0 Å². The Morgan fingerprint density at radius 2 is 2.32 bits per heavy atom. The Kier molecular flexibility index (Phi) is 4.46. The molecule has 0 spiro atoms. The minimum Gasteiger partial charge on any atom is -0.497 e. The van der Waals surface area contributed by atoms with Crippen molar-refractivity contribution in [3.63, 3.8) is 0 Å². The van der Waals surface area contributed by atoms with E-state index in [1.807, 2.05) is 24.3 Å². The number of esters is 1. The molecule has 0 aliphatic carbocycles. The third kappa shape index (κ3) is 3.51. The highest BCUT2D eigenvalue weighted by Gasteiger charge is 2.14. The lowest BCUT2D eigenvalue weighted by atomic mass is 10.3. The van der Waals surface area contributed by atoms with Crippen LogP contribution in [-0.2, 0) is 4.74 Å². The number of methoxy groups -OCH3 is 1. The molecule has 2 aromatic rings. The van der Waals surface area contributed by atoms with Gasteiger partial charge in [0.25, 0.3) is 5.22 Å². The fourth-order valence-corrected chi connectivity index (χ4v) is 2.13. The molecule has 0 unspecified atom stereocenters. The molecule has 0 radical (unpaired) electrons. The van der Waals surface area contributed by atoms with Crippen LogP contribution >= 0.6 is 11.8 Å². The number of hydrogen-bond donors (Lipinski definition) is 0. The van der Waals surface area contributed by atoms with Gasteiger partial charge in [-0.2, -0.15) is 4.98 Å². The quantitative estimate of drug-likeness (QED) is 0.784. The van der Waals surface area contributed by atoms with Crippen molar-refractivity contribution in [2.75, 3.05) is 13.7 Å². The van der Waals surface area contributed by atoms with Gasteiger partial charge in [-0.25, -0.2) is 4.79 Å². The predicted octanol–water partition coefficient (Wildman–Crippen LogP) is 3.01. The number of carbonyl (C=O) groups is 1. The fourth-order valence-electron chi connectivity index (χ4n) is 1.37. The molecular weight excluding hydrogens is 266 g/mol. The summed E-state index contributed by atoms with van der Waals surface area (Å²) < 4.78 is 15.2. The van der Waals surface area contributed by atoms with Crippen LogP contribution in [0, 0.1) is 0 Å². The Hall–Kier alpha value is -1.95. The maximum absolute atomic E-state index is 11.4. The number of carbonyl (C=O) groups excluding carboxylic acids is 1. The van der Waals surface area contributed by atoms with Gasteiger partial charge in [0.1, 0.15) is 12.0 Å². The van der Waals surface area contributed by atoms with Crippen molar-refractivity contribution in [3.05, 3.63) is 36.2 Å². The van der Waals surface area contributed by atoms with Crippen molar-refractivity contribution in [1.29, 1.82) is 0 Å². The van der Waals surface area contributed by atoms with Crippen molar-refractivity contribution in [3.8, 4) is 5.75 Å². The lowest BCUT2D eigenvalue weighted by Gasteiger charge is -2.01. The van der Waals surface area contributed by atoms with Crippen molar-refractivity contribution < 1.29 is 18.7 Å². The molecule has 0 saturated carbocycles. The summed E-state index contributed by atoms with van der Waals surface area (Å²) in [4.78, 5) is 16.4. The number of benzene rings is 1. The van der Waals surface area contributed by atoms with Crippen LogP contribution in [0.3, 0.4) is 0 Å². The minimum atomic E-state index is -0.483. The highest BCUT2D eigenvalue weighted by Crippen LogP contribution is 2.29. The SMILES string of the molecule is CCOC(=O)c1coc(Sc2cccc(OC)c2)n1. The summed E-state index contributed by atoms with van der Waals surface area (Å²) in [5.41, 5.74) is 0.173. The average Bonchev–Trinajstić information content (AvgIpc) is 2.88. The molecule has 0 amide bonds. The Morgan fingerprint density at radius 1 is 1.47 bits per heavy atom. The van der Waals surface area contributed by atoms with Crippen LogP contribution in [-0.4, -0.2) is 24.7 Å². The summed E-state index contributed by atoms with van der Waals surface area (Å²) in [5.74, 6) is 0.269. The fraction of sp³-hybridized carbons (Fsp3) is 0.231. The van der Waals surface area contributed by atoms with E-state index in [4.69, 9.17) is 13.9 Å². The molecule has 1 heterocycles. The van der Waals surface area contributed by atoms with Crippen LogP contribution in [0.1, 0.15) is 17.4 Å². The van der Waals surface area contributed by atoms with E-state index in [9.17, 15) is 4.79 Å². The van der Waals surface area contributed by atoms with Gasteiger partial charge in [0.15, 0.2) is 5.69 Å². The first-order valence-corrected chi connectivity index (χ1v) is 6.49. The molecule has 6 heteroatoms. The van der Waals surface area contributed by atoms with Gasteiger partial charge in [-0.3, -0.25) is 0 Å². The lowest BCUT2D eigenvalue weighted by Crippen LogP contribution is -2.04. The van der Waals surface area contributed by atoms with E-state index in [0.717, 1.165) is 10.6 Å². The number of aromatic nitrogens is 1. The summed E-state index contributed by atoms with van der Waals surface area (Å²) in [6, 6.07) is 7.49. The predicted molar refractivity (Wildman–Crippen MR) is 69.6 cm³/mol. The highest BCUT2D eigenvalue weighted by atomic mass is 32.2. The molecule has 1 aromatic heterocycles. The maximum Gasteiger partial charge on any atom is 0.360 e. The van der Waals surface area contributed by atoms with Crippen LogP contribution < -0.4 is 4.74 Å². The maximum atomic E-state index is 11.4. The van der Waals surface area contributed by atoms with Crippen molar-refractivity contribution in [1.82, 2.24) is 4.98 Å². The molecule has 5 nitrogen and oxygen atoms in total. The lowest BCUT2D eigenvalue weighted by molar-refractivity contribution is 0.0519. The topological polar surface area (TPSA) is 61.6 Å². The zero-order chi connectivity index (χ0) is 13.7. The Bertz CT molecular complexity index is 567. The molecule has 0 fully saturated rings. The van der Waals surface area contributed by atoms with Crippen LogP contribution in [0.2, 0.25) is 0 Å². The molecule has 0 aliphatic rings. The molecule has 0 N–H and O–H groups in total. The molecule has 0 saturated heterocycles. The van der Waals surface area contributed by atoms with E-state index < -0.39 is 5.97 Å². The third-order valence-electron chi connectivity index (χ3n) is 2.21. The van der Waals surface area contributed by atoms with Crippen LogP contribution in [0.5, 0.6) is 5.75 Å². The number of ether oxygens (including phenoxy) is 2. The normalized spacial score (nSPS) is 10.2. The molecule has 0 atom stereocenters. The van der Waals surface area contributed by atoms with Gasteiger partial charge in [0.2, 0.25) is 0 Å². The first kappa shape index (κ1) is 13.5. The van der Waals surface area contributed by atoms with Gasteiger partial charge in [-0.1, -0.05) is 6.07 Å². The van der Waals surface area contributed by atoms with Gasteiger partial charge in [0, 0.05) is 4.90 Å². The highest BCUT2D eigenvalue weighted by molar-refractivity contribution is 7.99. The second kappa shape index (κ2) is 6.29. The zero-order valence-corrected chi connectivity index (χ0v) is 11.4. The Labute approximate surface area is 114 Å². The summed E-state index contributed by atoms with van der Waals surface area (Å²) in [6.45, 7) is 2.05. The molecule has 0 bridgehead atoms. The zero-order valence-electron chi connectivity index (χ0n) is 10.6. The first-order chi connectivity index (χ1) is 9.22. The van der Waals surface area contributed by atoms with Gasteiger partial charge >= 0.3 is 5.97 Å². The van der Waals surface area contributed by atoms with Gasteiger partial charge in [-0.05, 0) is 36.9 Å². The van der Waals surface area contributed by atoms with E-state index in [0.29, 0.717) is 11.8 Å². The second-order valence-electron chi connectivity index (χ2n) is 3.50. The second-order valence-corrected chi connectivity index (χ2v) is 4.52. The van der Waals surface area contributed by atoms with Gasteiger partial charge < -0.3 is 13.9 Å². The van der Waals surface area contributed by atoms with Crippen molar-refractivity contribution >= 4 is 17.7 Å². The van der Waals surface area contributed by atoms with E-state index in [1.54, 1.807) is 14.0 Å². The number of oxazole rings is 1. The number of hydrogen-bond acceptors (Lipinski definition) is 6. The third-order valence-corrected chi connectivity index (χ3v) is 3.07. The first-order valence-electron chi connectivity index (χ1n) is 5.67. The molecule has 0 aliphatic heterocycles.